The fourth-order valence-electron chi connectivity index (χ4n) is 3.83. The minimum absolute atomic E-state index is 0.198. The van der Waals surface area contributed by atoms with Crippen molar-refractivity contribution >= 4 is 21.7 Å². The van der Waals surface area contributed by atoms with Crippen molar-refractivity contribution in [3.63, 3.8) is 0 Å². The number of hydrogen-bond acceptors (Lipinski definition) is 5. The highest BCUT2D eigenvalue weighted by Gasteiger charge is 2.35. The van der Waals surface area contributed by atoms with Crippen LogP contribution in [0.5, 0.6) is 11.5 Å². The van der Waals surface area contributed by atoms with Crippen molar-refractivity contribution in [1.29, 1.82) is 0 Å². The van der Waals surface area contributed by atoms with Gasteiger partial charge < -0.3 is 24.8 Å². The molecule has 5 heteroatoms. The van der Waals surface area contributed by atoms with E-state index in [1.165, 1.54) is 0 Å². The molecule has 0 spiro atoms. The van der Waals surface area contributed by atoms with Crippen molar-refractivity contribution in [3.05, 3.63) is 35.1 Å². The fourth-order valence-corrected chi connectivity index (χ4v) is 3.83. The van der Waals surface area contributed by atoms with Gasteiger partial charge in [-0.3, -0.25) is 0 Å². The highest BCUT2D eigenvalue weighted by Crippen LogP contribution is 2.48. The smallest absolute Gasteiger partial charge is 0.169 e. The summed E-state index contributed by atoms with van der Waals surface area (Å²) in [5, 5.41) is 42.9. The van der Waals surface area contributed by atoms with Crippen LogP contribution in [0.25, 0.3) is 21.7 Å². The summed E-state index contributed by atoms with van der Waals surface area (Å²) < 4.78 is 5.58. The quantitative estimate of drug-likeness (QED) is 0.518. The molecule has 0 saturated heterocycles. The number of furan rings is 1. The number of aromatic hydroxyl groups is 2. The Morgan fingerprint density at radius 2 is 1.91 bits per heavy atom. The zero-order valence-electron chi connectivity index (χ0n) is 12.8. The second kappa shape index (κ2) is 4.63. The number of hydrogen-bond donors (Lipinski definition) is 4. The van der Waals surface area contributed by atoms with Gasteiger partial charge in [0.2, 0.25) is 0 Å². The third-order valence-electron chi connectivity index (χ3n) is 5.01. The molecular formula is C18H18O5. The van der Waals surface area contributed by atoms with Crippen LogP contribution < -0.4 is 0 Å². The van der Waals surface area contributed by atoms with E-state index in [-0.39, 0.29) is 18.1 Å². The SMILES string of the molecule is Cc1coc2c1c(O)c(O)c1c3c(ccc12)C(O)(CO)CCC3. The molecule has 4 N–H and O–H groups in total. The number of phenols is 2. The predicted molar refractivity (Wildman–Crippen MR) is 85.7 cm³/mol. The van der Waals surface area contributed by atoms with Crippen molar-refractivity contribution in [2.75, 3.05) is 6.61 Å². The van der Waals surface area contributed by atoms with Gasteiger partial charge in [0, 0.05) is 10.8 Å². The Balaban J connectivity index is 2.19. The zero-order chi connectivity index (χ0) is 16.4. The molecule has 1 aliphatic rings. The molecule has 5 nitrogen and oxygen atoms in total. The van der Waals surface area contributed by atoms with Crippen LogP contribution in [-0.4, -0.2) is 27.0 Å². The first kappa shape index (κ1) is 14.4. The van der Waals surface area contributed by atoms with Crippen LogP contribution in [0.1, 0.15) is 29.5 Å². The Hall–Kier alpha value is -2.24. The maximum atomic E-state index is 10.7. The van der Waals surface area contributed by atoms with Crippen molar-refractivity contribution in [1.82, 2.24) is 0 Å². The van der Waals surface area contributed by atoms with E-state index in [0.717, 1.165) is 11.1 Å². The lowest BCUT2D eigenvalue weighted by Crippen LogP contribution is -2.34. The second-order valence-corrected chi connectivity index (χ2v) is 6.38. The van der Waals surface area contributed by atoms with Crippen molar-refractivity contribution in [3.8, 4) is 11.5 Å². The second-order valence-electron chi connectivity index (χ2n) is 6.38. The van der Waals surface area contributed by atoms with Gasteiger partial charge in [0.1, 0.15) is 11.2 Å². The Bertz CT molecular complexity index is 940. The number of benzene rings is 2. The summed E-state index contributed by atoms with van der Waals surface area (Å²) in [5.74, 6) is -0.402. The molecule has 0 radical (unpaired) electrons. The van der Waals surface area contributed by atoms with Crippen LogP contribution in [-0.2, 0) is 12.0 Å². The van der Waals surface area contributed by atoms with Gasteiger partial charge in [-0.1, -0.05) is 12.1 Å². The van der Waals surface area contributed by atoms with E-state index >= 15 is 0 Å². The highest BCUT2D eigenvalue weighted by molar-refractivity contribution is 6.13. The number of fused-ring (bicyclic) bond motifs is 5. The van der Waals surface area contributed by atoms with Crippen LogP contribution >= 0.6 is 0 Å². The first-order valence-electron chi connectivity index (χ1n) is 7.69. The minimum Gasteiger partial charge on any atom is -0.504 e. The van der Waals surface area contributed by atoms with Crippen molar-refractivity contribution in [2.45, 2.75) is 31.8 Å². The Labute approximate surface area is 132 Å². The summed E-state index contributed by atoms with van der Waals surface area (Å²) >= 11 is 0. The summed E-state index contributed by atoms with van der Waals surface area (Å²) in [4.78, 5) is 0. The summed E-state index contributed by atoms with van der Waals surface area (Å²) in [5.41, 5.74) is 1.33. The summed E-state index contributed by atoms with van der Waals surface area (Å²) in [6, 6.07) is 3.55. The number of rotatable bonds is 1. The van der Waals surface area contributed by atoms with Gasteiger partial charge in [0.15, 0.2) is 11.5 Å². The molecule has 120 valence electrons. The van der Waals surface area contributed by atoms with Gasteiger partial charge in [-0.05, 0) is 42.9 Å². The maximum Gasteiger partial charge on any atom is 0.169 e. The van der Waals surface area contributed by atoms with Gasteiger partial charge >= 0.3 is 0 Å². The largest absolute Gasteiger partial charge is 0.504 e. The van der Waals surface area contributed by atoms with E-state index < -0.39 is 5.60 Å². The van der Waals surface area contributed by atoms with Crippen LogP contribution in [0.3, 0.4) is 0 Å². The molecule has 0 aliphatic heterocycles. The highest BCUT2D eigenvalue weighted by atomic mass is 16.3. The van der Waals surface area contributed by atoms with Crippen LogP contribution in [0.2, 0.25) is 0 Å². The molecule has 0 amide bonds. The first-order chi connectivity index (χ1) is 11.0. The Morgan fingerprint density at radius 3 is 2.65 bits per heavy atom. The van der Waals surface area contributed by atoms with Gasteiger partial charge in [0.25, 0.3) is 0 Å². The van der Waals surface area contributed by atoms with Crippen LogP contribution in [0.4, 0.5) is 0 Å². The molecule has 2 aromatic carbocycles. The lowest BCUT2D eigenvalue weighted by molar-refractivity contribution is -0.0325. The van der Waals surface area contributed by atoms with Gasteiger partial charge in [-0.2, -0.15) is 0 Å². The average molecular weight is 314 g/mol. The number of aryl methyl sites for hydroxylation is 2. The van der Waals surface area contributed by atoms with Crippen LogP contribution in [0, 0.1) is 6.92 Å². The molecule has 0 fully saturated rings. The third kappa shape index (κ3) is 1.75. The van der Waals surface area contributed by atoms with E-state index in [0.29, 0.717) is 46.6 Å². The van der Waals surface area contributed by atoms with E-state index in [9.17, 15) is 20.4 Å². The van der Waals surface area contributed by atoms with E-state index in [4.69, 9.17) is 4.42 Å². The molecule has 1 atom stereocenters. The van der Waals surface area contributed by atoms with Gasteiger partial charge in [-0.15, -0.1) is 0 Å². The minimum atomic E-state index is -1.31. The monoisotopic (exact) mass is 314 g/mol. The number of aliphatic hydroxyl groups is 2. The summed E-state index contributed by atoms with van der Waals surface area (Å²) in [7, 11) is 0. The Kier molecular flexibility index (Phi) is 2.89. The lowest BCUT2D eigenvalue weighted by Gasteiger charge is -2.33. The maximum absolute atomic E-state index is 10.7. The summed E-state index contributed by atoms with van der Waals surface area (Å²) in [6.07, 6.45) is 3.37. The zero-order valence-corrected chi connectivity index (χ0v) is 12.8. The topological polar surface area (TPSA) is 94.1 Å². The van der Waals surface area contributed by atoms with Crippen LogP contribution in [0.15, 0.2) is 22.8 Å². The van der Waals surface area contributed by atoms with Crippen molar-refractivity contribution in [2.24, 2.45) is 0 Å². The van der Waals surface area contributed by atoms with Crippen molar-refractivity contribution < 1.29 is 24.8 Å². The molecule has 0 saturated carbocycles. The average Bonchev–Trinajstić information content (AvgIpc) is 2.94. The normalized spacial score (nSPS) is 21.0. The molecule has 1 heterocycles. The standard InChI is InChI=1S/C18H18O5/c1-9-7-23-17-11-4-5-12-10(3-2-6-18(12,22)8-19)14(11)16(21)15(20)13(9)17/h4-5,7,19-22H,2-3,6,8H2,1H3. The molecule has 1 aliphatic carbocycles. The molecule has 1 aromatic heterocycles. The fraction of sp³-hybridized carbons (Fsp3) is 0.333. The van der Waals surface area contributed by atoms with Gasteiger partial charge in [0.05, 0.1) is 18.3 Å². The molecule has 3 aromatic rings. The van der Waals surface area contributed by atoms with Gasteiger partial charge in [-0.25, -0.2) is 0 Å². The lowest BCUT2D eigenvalue weighted by atomic mass is 9.77. The summed E-state index contributed by atoms with van der Waals surface area (Å²) in [6.45, 7) is 1.43. The number of aliphatic hydroxyl groups excluding tert-OH is 1. The first-order valence-corrected chi connectivity index (χ1v) is 7.69. The number of phenolic OH excluding ortho intramolecular Hbond substituents is 2. The third-order valence-corrected chi connectivity index (χ3v) is 5.01. The van der Waals surface area contributed by atoms with E-state index in [1.807, 2.05) is 0 Å². The molecule has 4 rings (SSSR count). The molecular weight excluding hydrogens is 296 g/mol. The molecule has 0 bridgehead atoms. The van der Waals surface area contributed by atoms with E-state index in [2.05, 4.69) is 0 Å². The molecule has 23 heavy (non-hydrogen) atoms. The predicted octanol–water partition coefficient (Wildman–Crippen LogP) is 2.82. The van der Waals surface area contributed by atoms with E-state index in [1.54, 1.807) is 25.3 Å². The molecule has 1 unspecified atom stereocenters. The Morgan fingerprint density at radius 1 is 1.17 bits per heavy atom.